The van der Waals surface area contributed by atoms with Crippen LogP contribution < -0.4 is 5.73 Å². The number of aryl methyl sites for hydroxylation is 1. The van der Waals surface area contributed by atoms with Gasteiger partial charge in [0.2, 0.25) is 0 Å². The van der Waals surface area contributed by atoms with Gasteiger partial charge in [-0.15, -0.1) is 0 Å². The highest BCUT2D eigenvalue weighted by atomic mass is 15.2. The number of likely N-dealkylation sites (N-methyl/N-ethyl adjacent to an activating group) is 1. The maximum absolute atomic E-state index is 6.20. The fourth-order valence-corrected chi connectivity index (χ4v) is 4.12. The lowest BCUT2D eigenvalue weighted by Crippen LogP contribution is -2.54. The standard InChI is InChI=1S/C17H29N3/c1-13-9-16(3,4)11-17(13,12-18)20(5)10-15-8-6-7-14(2)19-15/h6-8,13H,9-12,18H2,1-5H3. The lowest BCUT2D eigenvalue weighted by Gasteiger charge is -2.42. The Morgan fingerprint density at radius 3 is 2.60 bits per heavy atom. The average molecular weight is 275 g/mol. The highest BCUT2D eigenvalue weighted by Crippen LogP contribution is 2.49. The van der Waals surface area contributed by atoms with Crippen molar-refractivity contribution in [3.8, 4) is 0 Å². The molecule has 0 spiro atoms. The van der Waals surface area contributed by atoms with Crippen molar-refractivity contribution in [3.05, 3.63) is 29.6 Å². The van der Waals surface area contributed by atoms with Crippen LogP contribution in [0.15, 0.2) is 18.2 Å². The van der Waals surface area contributed by atoms with Crippen LogP contribution in [0.5, 0.6) is 0 Å². The van der Waals surface area contributed by atoms with Crippen molar-refractivity contribution in [3.63, 3.8) is 0 Å². The summed E-state index contributed by atoms with van der Waals surface area (Å²) < 4.78 is 0. The molecule has 0 bridgehead atoms. The van der Waals surface area contributed by atoms with E-state index in [0.717, 1.165) is 24.5 Å². The van der Waals surface area contributed by atoms with Crippen molar-refractivity contribution < 1.29 is 0 Å². The number of nitrogens with two attached hydrogens (primary N) is 1. The van der Waals surface area contributed by atoms with Crippen LogP contribution in [0.25, 0.3) is 0 Å². The third-order valence-corrected chi connectivity index (χ3v) is 5.02. The summed E-state index contributed by atoms with van der Waals surface area (Å²) >= 11 is 0. The van der Waals surface area contributed by atoms with Gasteiger partial charge in [0.05, 0.1) is 5.69 Å². The molecule has 2 atom stereocenters. The van der Waals surface area contributed by atoms with Crippen molar-refractivity contribution in [1.29, 1.82) is 0 Å². The molecule has 2 unspecified atom stereocenters. The SMILES string of the molecule is Cc1cccc(CN(C)C2(CN)CC(C)(C)CC2C)n1. The minimum atomic E-state index is 0.106. The van der Waals surface area contributed by atoms with Gasteiger partial charge in [-0.05, 0) is 50.3 Å². The van der Waals surface area contributed by atoms with Crippen LogP contribution in [-0.4, -0.2) is 29.0 Å². The van der Waals surface area contributed by atoms with Crippen LogP contribution in [0, 0.1) is 18.3 Å². The van der Waals surface area contributed by atoms with Crippen LogP contribution in [0.2, 0.25) is 0 Å². The summed E-state index contributed by atoms with van der Waals surface area (Å²) in [5.74, 6) is 0.623. The molecule has 1 heterocycles. The maximum Gasteiger partial charge on any atom is 0.0547 e. The zero-order chi connectivity index (χ0) is 15.0. The molecular weight excluding hydrogens is 246 g/mol. The van der Waals surface area contributed by atoms with Gasteiger partial charge in [0.25, 0.3) is 0 Å². The summed E-state index contributed by atoms with van der Waals surface area (Å²) in [4.78, 5) is 7.07. The first-order valence-corrected chi connectivity index (χ1v) is 7.63. The quantitative estimate of drug-likeness (QED) is 0.918. The van der Waals surface area contributed by atoms with Gasteiger partial charge < -0.3 is 5.73 Å². The molecule has 20 heavy (non-hydrogen) atoms. The summed E-state index contributed by atoms with van der Waals surface area (Å²) in [7, 11) is 2.20. The lowest BCUT2D eigenvalue weighted by molar-refractivity contribution is 0.0774. The Morgan fingerprint density at radius 1 is 1.40 bits per heavy atom. The average Bonchev–Trinajstić information content (AvgIpc) is 2.59. The second-order valence-corrected chi connectivity index (χ2v) is 7.38. The van der Waals surface area contributed by atoms with E-state index in [1.807, 2.05) is 13.0 Å². The van der Waals surface area contributed by atoms with Crippen LogP contribution in [-0.2, 0) is 6.54 Å². The molecule has 2 rings (SSSR count). The van der Waals surface area contributed by atoms with Crippen molar-refractivity contribution in [2.24, 2.45) is 17.1 Å². The fourth-order valence-electron chi connectivity index (χ4n) is 4.12. The number of hydrogen-bond donors (Lipinski definition) is 1. The Bertz CT molecular complexity index is 469. The van der Waals surface area contributed by atoms with Gasteiger partial charge in [-0.25, -0.2) is 0 Å². The van der Waals surface area contributed by atoms with E-state index in [2.05, 4.69) is 49.8 Å². The minimum Gasteiger partial charge on any atom is -0.329 e. The Balaban J connectivity index is 2.20. The van der Waals surface area contributed by atoms with E-state index in [1.54, 1.807) is 0 Å². The predicted octanol–water partition coefficient (Wildman–Crippen LogP) is 2.98. The fraction of sp³-hybridized carbons (Fsp3) is 0.706. The van der Waals surface area contributed by atoms with Crippen molar-refractivity contribution in [2.45, 2.75) is 52.6 Å². The lowest BCUT2D eigenvalue weighted by atomic mass is 9.85. The molecule has 1 fully saturated rings. The van der Waals surface area contributed by atoms with Gasteiger partial charge in [-0.1, -0.05) is 26.8 Å². The smallest absolute Gasteiger partial charge is 0.0547 e. The van der Waals surface area contributed by atoms with Gasteiger partial charge in [0.1, 0.15) is 0 Å². The van der Waals surface area contributed by atoms with E-state index in [9.17, 15) is 0 Å². The van der Waals surface area contributed by atoms with E-state index >= 15 is 0 Å². The van der Waals surface area contributed by atoms with Crippen molar-refractivity contribution >= 4 is 0 Å². The number of pyridine rings is 1. The molecule has 0 saturated heterocycles. The number of aromatic nitrogens is 1. The van der Waals surface area contributed by atoms with E-state index in [-0.39, 0.29) is 5.54 Å². The first kappa shape index (κ1) is 15.5. The van der Waals surface area contributed by atoms with Crippen molar-refractivity contribution in [1.82, 2.24) is 9.88 Å². The van der Waals surface area contributed by atoms with Gasteiger partial charge in [0.15, 0.2) is 0 Å². The van der Waals surface area contributed by atoms with Crippen LogP contribution >= 0.6 is 0 Å². The molecule has 0 aliphatic heterocycles. The van der Waals surface area contributed by atoms with E-state index in [4.69, 9.17) is 5.73 Å². The Hall–Kier alpha value is -0.930. The molecule has 3 heteroatoms. The predicted molar refractivity (Wildman–Crippen MR) is 84.4 cm³/mol. The third-order valence-electron chi connectivity index (χ3n) is 5.02. The van der Waals surface area contributed by atoms with E-state index < -0.39 is 0 Å². The molecule has 0 radical (unpaired) electrons. The molecule has 1 aromatic heterocycles. The topological polar surface area (TPSA) is 42.1 Å². The second-order valence-electron chi connectivity index (χ2n) is 7.38. The number of hydrogen-bond acceptors (Lipinski definition) is 3. The summed E-state index contributed by atoms with van der Waals surface area (Å²) in [5.41, 5.74) is 8.91. The highest BCUT2D eigenvalue weighted by molar-refractivity contribution is 5.12. The largest absolute Gasteiger partial charge is 0.329 e. The molecule has 0 amide bonds. The second kappa shape index (κ2) is 5.45. The zero-order valence-electron chi connectivity index (χ0n) is 13.6. The molecule has 0 aromatic carbocycles. The van der Waals surface area contributed by atoms with Crippen LogP contribution in [0.4, 0.5) is 0 Å². The third kappa shape index (κ3) is 2.89. The van der Waals surface area contributed by atoms with Gasteiger partial charge in [-0.2, -0.15) is 0 Å². The molecule has 1 aliphatic carbocycles. The maximum atomic E-state index is 6.20. The highest BCUT2D eigenvalue weighted by Gasteiger charge is 2.49. The van der Waals surface area contributed by atoms with Crippen LogP contribution in [0.1, 0.15) is 45.0 Å². The Kier molecular flexibility index (Phi) is 4.22. The summed E-state index contributed by atoms with van der Waals surface area (Å²) in [5, 5.41) is 0. The normalized spacial score (nSPS) is 29.1. The Labute approximate surface area is 123 Å². The van der Waals surface area contributed by atoms with E-state index in [0.29, 0.717) is 11.3 Å². The molecule has 1 saturated carbocycles. The summed E-state index contributed by atoms with van der Waals surface area (Å²) in [6.45, 7) is 10.7. The monoisotopic (exact) mass is 275 g/mol. The first-order valence-electron chi connectivity index (χ1n) is 7.63. The molecular formula is C17H29N3. The summed E-state index contributed by atoms with van der Waals surface area (Å²) in [6, 6.07) is 6.24. The molecule has 112 valence electrons. The molecule has 1 aliphatic rings. The Morgan fingerprint density at radius 2 is 2.10 bits per heavy atom. The van der Waals surface area contributed by atoms with Crippen molar-refractivity contribution in [2.75, 3.05) is 13.6 Å². The van der Waals surface area contributed by atoms with E-state index in [1.165, 1.54) is 12.8 Å². The first-order chi connectivity index (χ1) is 9.29. The molecule has 2 N–H and O–H groups in total. The van der Waals surface area contributed by atoms with Gasteiger partial charge >= 0.3 is 0 Å². The number of rotatable bonds is 4. The molecule has 1 aromatic rings. The number of nitrogens with zero attached hydrogens (tertiary/aromatic N) is 2. The molecule has 3 nitrogen and oxygen atoms in total. The van der Waals surface area contributed by atoms with Gasteiger partial charge in [0, 0.05) is 24.3 Å². The van der Waals surface area contributed by atoms with Crippen LogP contribution in [0.3, 0.4) is 0 Å². The summed E-state index contributed by atoms with van der Waals surface area (Å²) in [6.07, 6.45) is 2.41. The van der Waals surface area contributed by atoms with Gasteiger partial charge in [-0.3, -0.25) is 9.88 Å². The minimum absolute atomic E-state index is 0.106. The zero-order valence-corrected chi connectivity index (χ0v) is 13.6.